The van der Waals surface area contributed by atoms with Crippen LogP contribution in [0, 0.1) is 0 Å². The van der Waals surface area contributed by atoms with E-state index in [2.05, 4.69) is 69.4 Å². The van der Waals surface area contributed by atoms with Crippen LogP contribution in [0.2, 0.25) is 0 Å². The zero-order valence-electron chi connectivity index (χ0n) is 41.1. The fourth-order valence-electron chi connectivity index (χ4n) is 7.46. The molecule has 0 aromatic carbocycles. The van der Waals surface area contributed by atoms with Crippen molar-refractivity contribution in [2.75, 3.05) is 13.2 Å². The lowest BCUT2D eigenvalue weighted by Crippen LogP contribution is -2.30. The van der Waals surface area contributed by atoms with Gasteiger partial charge in [-0.1, -0.05) is 198 Å². The van der Waals surface area contributed by atoms with Crippen LogP contribution in [0.15, 0.2) is 48.6 Å². The van der Waals surface area contributed by atoms with Crippen molar-refractivity contribution in [3.8, 4) is 0 Å². The van der Waals surface area contributed by atoms with Gasteiger partial charge in [-0.3, -0.25) is 14.4 Å². The van der Waals surface area contributed by atoms with Crippen LogP contribution < -0.4 is 0 Å². The van der Waals surface area contributed by atoms with Gasteiger partial charge >= 0.3 is 17.9 Å². The standard InChI is InChI=1S/C56H100O6/c1-4-7-10-13-16-19-22-25-26-27-28-29-32-34-37-40-43-46-49-55(58)61-52-53(62-56(59)50-47-44-41-38-35-31-24-21-18-15-12-9-6-3)51-60-54(57)48-45-42-39-36-33-30-23-20-17-14-11-8-5-2/h19-24,26-27,53H,4-18,25,28-52H2,1-3H3/b22-19-,23-20-,24-21-,27-26-. The maximum Gasteiger partial charge on any atom is 0.306 e. The Balaban J connectivity index is 4.37. The molecule has 1 atom stereocenters. The van der Waals surface area contributed by atoms with Crippen LogP contribution in [0.1, 0.15) is 271 Å². The molecule has 0 spiro atoms. The Morgan fingerprint density at radius 2 is 0.581 bits per heavy atom. The van der Waals surface area contributed by atoms with Crippen LogP contribution in [0.25, 0.3) is 0 Å². The van der Waals surface area contributed by atoms with Crippen molar-refractivity contribution >= 4 is 17.9 Å². The van der Waals surface area contributed by atoms with Crippen molar-refractivity contribution in [1.29, 1.82) is 0 Å². The average Bonchev–Trinajstić information content (AvgIpc) is 3.27. The summed E-state index contributed by atoms with van der Waals surface area (Å²) in [4.78, 5) is 38.0. The summed E-state index contributed by atoms with van der Waals surface area (Å²) in [6.45, 7) is 6.58. The number of unbranched alkanes of at least 4 members (excludes halogenated alkanes) is 29. The topological polar surface area (TPSA) is 78.9 Å². The van der Waals surface area contributed by atoms with Gasteiger partial charge in [0.1, 0.15) is 13.2 Å². The van der Waals surface area contributed by atoms with Gasteiger partial charge in [-0.2, -0.15) is 0 Å². The number of carbonyl (C=O) groups excluding carboxylic acids is 3. The van der Waals surface area contributed by atoms with E-state index in [1.54, 1.807) is 0 Å². The van der Waals surface area contributed by atoms with Crippen LogP contribution in [-0.2, 0) is 28.6 Å². The van der Waals surface area contributed by atoms with Gasteiger partial charge in [0.15, 0.2) is 6.10 Å². The van der Waals surface area contributed by atoms with E-state index in [1.165, 1.54) is 141 Å². The zero-order chi connectivity index (χ0) is 45.1. The highest BCUT2D eigenvalue weighted by atomic mass is 16.6. The fraction of sp³-hybridized carbons (Fsp3) is 0.804. The van der Waals surface area contributed by atoms with Crippen molar-refractivity contribution in [3.05, 3.63) is 48.6 Å². The normalized spacial score (nSPS) is 12.4. The second kappa shape index (κ2) is 51.0. The molecule has 6 heteroatoms. The predicted molar refractivity (Wildman–Crippen MR) is 265 cm³/mol. The van der Waals surface area contributed by atoms with Gasteiger partial charge in [0.25, 0.3) is 0 Å². The first-order valence-corrected chi connectivity index (χ1v) is 26.6. The summed E-state index contributed by atoms with van der Waals surface area (Å²) < 4.78 is 16.8. The van der Waals surface area contributed by atoms with E-state index in [0.717, 1.165) is 89.9 Å². The minimum absolute atomic E-state index is 0.0824. The molecule has 6 nitrogen and oxygen atoms in total. The number of rotatable bonds is 48. The highest BCUT2D eigenvalue weighted by molar-refractivity contribution is 5.71. The van der Waals surface area contributed by atoms with Gasteiger partial charge in [0.05, 0.1) is 0 Å². The molecular formula is C56H100O6. The van der Waals surface area contributed by atoms with Crippen LogP contribution >= 0.6 is 0 Å². The smallest absolute Gasteiger partial charge is 0.306 e. The summed E-state index contributed by atoms with van der Waals surface area (Å²) >= 11 is 0. The molecule has 0 radical (unpaired) electrons. The van der Waals surface area contributed by atoms with Gasteiger partial charge in [-0.05, 0) is 103 Å². The lowest BCUT2D eigenvalue weighted by molar-refractivity contribution is -0.167. The van der Waals surface area contributed by atoms with Crippen LogP contribution in [-0.4, -0.2) is 37.2 Å². The third kappa shape index (κ3) is 48.4. The van der Waals surface area contributed by atoms with E-state index in [4.69, 9.17) is 14.2 Å². The Kier molecular flexibility index (Phi) is 48.8. The van der Waals surface area contributed by atoms with E-state index in [9.17, 15) is 14.4 Å². The first kappa shape index (κ1) is 59.4. The SMILES string of the molecule is CCCCCC/C=C\C/C=C\CCCCCCCCCC(=O)OCC(COC(=O)CCCCCCC/C=C\CCCCCC)OC(=O)CCCCCCC/C=C\CCCCCC. The van der Waals surface area contributed by atoms with E-state index in [1.807, 2.05) is 0 Å². The van der Waals surface area contributed by atoms with E-state index >= 15 is 0 Å². The third-order valence-corrected chi connectivity index (χ3v) is 11.5. The molecule has 360 valence electrons. The van der Waals surface area contributed by atoms with Gasteiger partial charge in [0.2, 0.25) is 0 Å². The summed E-state index contributed by atoms with van der Waals surface area (Å²) in [6.07, 6.45) is 60.9. The highest BCUT2D eigenvalue weighted by Gasteiger charge is 2.19. The maximum absolute atomic E-state index is 12.8. The third-order valence-electron chi connectivity index (χ3n) is 11.5. The predicted octanol–water partition coefficient (Wildman–Crippen LogP) is 17.5. The summed E-state index contributed by atoms with van der Waals surface area (Å²) in [5, 5.41) is 0. The number of esters is 3. The van der Waals surface area contributed by atoms with Crippen LogP contribution in [0.5, 0.6) is 0 Å². The van der Waals surface area contributed by atoms with Gasteiger partial charge < -0.3 is 14.2 Å². The Morgan fingerprint density at radius 3 is 0.903 bits per heavy atom. The summed E-state index contributed by atoms with van der Waals surface area (Å²) in [6, 6.07) is 0. The second-order valence-corrected chi connectivity index (χ2v) is 17.8. The molecule has 0 N–H and O–H groups in total. The van der Waals surface area contributed by atoms with Gasteiger partial charge in [0, 0.05) is 19.3 Å². The van der Waals surface area contributed by atoms with Crippen LogP contribution in [0.3, 0.4) is 0 Å². The molecule has 0 amide bonds. The van der Waals surface area contributed by atoms with Gasteiger partial charge in [-0.25, -0.2) is 0 Å². The lowest BCUT2D eigenvalue weighted by atomic mass is 10.1. The quantitative estimate of drug-likeness (QED) is 0.0262. The van der Waals surface area contributed by atoms with Crippen molar-refractivity contribution < 1.29 is 28.6 Å². The molecule has 0 aromatic heterocycles. The number of allylic oxidation sites excluding steroid dienone is 8. The van der Waals surface area contributed by atoms with E-state index < -0.39 is 6.10 Å². The van der Waals surface area contributed by atoms with E-state index in [0.29, 0.717) is 19.3 Å². The largest absolute Gasteiger partial charge is 0.462 e. The summed E-state index contributed by atoms with van der Waals surface area (Å²) in [5.41, 5.74) is 0. The molecule has 0 aliphatic rings. The van der Waals surface area contributed by atoms with Crippen molar-refractivity contribution in [1.82, 2.24) is 0 Å². The molecule has 0 aliphatic carbocycles. The molecule has 0 saturated carbocycles. The molecule has 0 fully saturated rings. The first-order valence-electron chi connectivity index (χ1n) is 26.6. The first-order chi connectivity index (χ1) is 30.5. The minimum atomic E-state index is -0.782. The average molecular weight is 869 g/mol. The Labute approximate surface area is 384 Å². The number of hydrogen-bond donors (Lipinski definition) is 0. The minimum Gasteiger partial charge on any atom is -0.462 e. The van der Waals surface area contributed by atoms with Crippen LogP contribution in [0.4, 0.5) is 0 Å². The second-order valence-electron chi connectivity index (χ2n) is 17.8. The zero-order valence-corrected chi connectivity index (χ0v) is 41.1. The van der Waals surface area contributed by atoms with Crippen molar-refractivity contribution in [2.45, 2.75) is 277 Å². The molecule has 0 aromatic rings. The van der Waals surface area contributed by atoms with E-state index in [-0.39, 0.29) is 31.1 Å². The number of ether oxygens (including phenoxy) is 3. The van der Waals surface area contributed by atoms with Gasteiger partial charge in [-0.15, -0.1) is 0 Å². The Bertz CT molecular complexity index is 1090. The summed E-state index contributed by atoms with van der Waals surface area (Å²) in [7, 11) is 0. The molecular weight excluding hydrogens is 769 g/mol. The number of hydrogen-bond acceptors (Lipinski definition) is 6. The lowest BCUT2D eigenvalue weighted by Gasteiger charge is -2.18. The molecule has 1 unspecified atom stereocenters. The van der Waals surface area contributed by atoms with Crippen molar-refractivity contribution in [3.63, 3.8) is 0 Å². The Hall–Kier alpha value is -2.63. The molecule has 0 saturated heterocycles. The molecule has 0 aliphatic heterocycles. The molecule has 0 bridgehead atoms. The highest BCUT2D eigenvalue weighted by Crippen LogP contribution is 2.14. The van der Waals surface area contributed by atoms with Crippen molar-refractivity contribution in [2.24, 2.45) is 0 Å². The Morgan fingerprint density at radius 1 is 0.323 bits per heavy atom. The molecule has 0 heterocycles. The summed E-state index contributed by atoms with van der Waals surface area (Å²) in [5.74, 6) is -0.900. The maximum atomic E-state index is 12.8. The molecule has 62 heavy (non-hydrogen) atoms. The fourth-order valence-corrected chi connectivity index (χ4v) is 7.46. The number of carbonyl (C=O) groups is 3. The monoisotopic (exact) mass is 869 g/mol. The molecule has 0 rings (SSSR count).